The van der Waals surface area contributed by atoms with Crippen LogP contribution >= 0.6 is 0 Å². The predicted molar refractivity (Wildman–Crippen MR) is 130 cm³/mol. The summed E-state index contributed by atoms with van der Waals surface area (Å²) in [5, 5.41) is 0.0673. The number of fused-ring (bicyclic) bond motifs is 1. The van der Waals surface area contributed by atoms with Gasteiger partial charge >= 0.3 is 0 Å². The summed E-state index contributed by atoms with van der Waals surface area (Å²) in [4.78, 5) is 15.7. The monoisotopic (exact) mass is 448 g/mol. The van der Waals surface area contributed by atoms with Crippen molar-refractivity contribution in [2.24, 2.45) is 0 Å². The largest absolute Gasteiger partial charge is 0.497 e. The zero-order chi connectivity index (χ0) is 23.2. The fraction of sp³-hybridized carbons (Fsp3) is 0.296. The maximum atomic E-state index is 15.0. The van der Waals surface area contributed by atoms with Crippen molar-refractivity contribution >= 4 is 10.9 Å². The van der Waals surface area contributed by atoms with E-state index < -0.39 is 5.82 Å². The fourth-order valence-electron chi connectivity index (χ4n) is 4.06. The van der Waals surface area contributed by atoms with E-state index in [0.717, 1.165) is 31.5 Å². The summed E-state index contributed by atoms with van der Waals surface area (Å²) in [6.07, 6.45) is 11.7. The molecule has 5 nitrogen and oxygen atoms in total. The molecule has 0 aliphatic carbocycles. The predicted octanol–water partition coefficient (Wildman–Crippen LogP) is 5.38. The van der Waals surface area contributed by atoms with Crippen molar-refractivity contribution in [1.29, 1.82) is 0 Å². The van der Waals surface area contributed by atoms with E-state index in [9.17, 15) is 4.79 Å². The summed E-state index contributed by atoms with van der Waals surface area (Å²) in [6.45, 7) is 4.87. The summed E-state index contributed by atoms with van der Waals surface area (Å²) < 4.78 is 28.2. The van der Waals surface area contributed by atoms with Crippen molar-refractivity contribution in [1.82, 2.24) is 9.47 Å². The number of ether oxygens (including phenoxy) is 2. The molecule has 6 heteroatoms. The van der Waals surface area contributed by atoms with Crippen LogP contribution in [0.5, 0.6) is 11.5 Å². The van der Waals surface area contributed by atoms with Gasteiger partial charge in [-0.25, -0.2) is 4.39 Å². The number of hydrogen-bond acceptors (Lipinski definition) is 4. The molecule has 0 fully saturated rings. The normalized spacial score (nSPS) is 13.0. The number of pyridine rings is 1. The van der Waals surface area contributed by atoms with Gasteiger partial charge in [-0.2, -0.15) is 0 Å². The van der Waals surface area contributed by atoms with Crippen molar-refractivity contribution < 1.29 is 13.9 Å². The number of benzene rings is 2. The van der Waals surface area contributed by atoms with E-state index >= 15 is 4.39 Å². The summed E-state index contributed by atoms with van der Waals surface area (Å²) in [6, 6.07) is 10.2. The molecule has 1 aliphatic rings. The molecule has 0 atom stereocenters. The Bertz CT molecular complexity index is 1230. The van der Waals surface area contributed by atoms with E-state index in [0.29, 0.717) is 35.7 Å². The van der Waals surface area contributed by atoms with Crippen LogP contribution in [0.1, 0.15) is 19.8 Å². The zero-order valence-electron chi connectivity index (χ0n) is 19.1. The molecule has 0 bridgehead atoms. The number of nitrogens with zero attached hydrogens (tertiary/aromatic N) is 2. The van der Waals surface area contributed by atoms with E-state index in [2.05, 4.69) is 17.2 Å². The first kappa shape index (κ1) is 22.6. The van der Waals surface area contributed by atoms with Crippen LogP contribution in [0.3, 0.4) is 0 Å². The molecule has 0 amide bonds. The summed E-state index contributed by atoms with van der Waals surface area (Å²) in [7, 11) is 1.60. The Morgan fingerprint density at radius 1 is 1.06 bits per heavy atom. The van der Waals surface area contributed by atoms with E-state index in [1.807, 2.05) is 42.0 Å². The van der Waals surface area contributed by atoms with Gasteiger partial charge in [0.2, 0.25) is 0 Å². The molecule has 1 aromatic heterocycles. The van der Waals surface area contributed by atoms with Gasteiger partial charge in [-0.1, -0.05) is 31.2 Å². The molecule has 0 unspecified atom stereocenters. The maximum Gasteiger partial charge on any atom is 0.200 e. The lowest BCUT2D eigenvalue weighted by Crippen LogP contribution is -2.22. The van der Waals surface area contributed by atoms with Crippen LogP contribution < -0.4 is 14.9 Å². The first-order chi connectivity index (χ1) is 16.1. The van der Waals surface area contributed by atoms with Crippen LogP contribution in [0.15, 0.2) is 71.8 Å². The van der Waals surface area contributed by atoms with Gasteiger partial charge < -0.3 is 18.9 Å². The number of halogens is 1. The fourth-order valence-corrected chi connectivity index (χ4v) is 4.06. The molecule has 172 valence electrons. The number of aromatic nitrogens is 1. The second kappa shape index (κ2) is 10.4. The summed E-state index contributed by atoms with van der Waals surface area (Å²) in [5.74, 6) is 0.699. The molecule has 2 heterocycles. The first-order valence-corrected chi connectivity index (χ1v) is 11.3. The molecule has 0 spiro atoms. The van der Waals surface area contributed by atoms with Gasteiger partial charge in [0, 0.05) is 31.4 Å². The van der Waals surface area contributed by atoms with Crippen LogP contribution in [0, 0.1) is 5.82 Å². The Kier molecular flexibility index (Phi) is 7.13. The van der Waals surface area contributed by atoms with Crippen molar-refractivity contribution in [3.8, 4) is 22.6 Å². The van der Waals surface area contributed by atoms with Crippen LogP contribution in [-0.2, 0) is 6.54 Å². The van der Waals surface area contributed by atoms with E-state index in [4.69, 9.17) is 9.47 Å². The first-order valence-electron chi connectivity index (χ1n) is 11.3. The van der Waals surface area contributed by atoms with Gasteiger partial charge in [0.15, 0.2) is 5.43 Å². The van der Waals surface area contributed by atoms with E-state index in [1.165, 1.54) is 6.07 Å². The number of rotatable bonds is 9. The molecular formula is C27H29FN2O3. The van der Waals surface area contributed by atoms with Crippen molar-refractivity contribution in [2.45, 2.75) is 26.3 Å². The Labute approximate surface area is 193 Å². The van der Waals surface area contributed by atoms with Crippen LogP contribution in [-0.4, -0.2) is 36.3 Å². The molecule has 1 aliphatic heterocycles. The van der Waals surface area contributed by atoms with E-state index in [-0.39, 0.29) is 10.8 Å². The average Bonchev–Trinajstić information content (AvgIpc) is 2.85. The van der Waals surface area contributed by atoms with Crippen LogP contribution in [0.4, 0.5) is 4.39 Å². The third-order valence-corrected chi connectivity index (χ3v) is 5.72. The van der Waals surface area contributed by atoms with Gasteiger partial charge in [-0.3, -0.25) is 4.79 Å². The Hall–Kier alpha value is -3.54. The minimum absolute atomic E-state index is 0.0673. The molecule has 3 aromatic rings. The van der Waals surface area contributed by atoms with Gasteiger partial charge in [0.05, 0.1) is 24.6 Å². The van der Waals surface area contributed by atoms with Gasteiger partial charge in [-0.05, 0) is 54.9 Å². The molecule has 33 heavy (non-hydrogen) atoms. The number of allylic oxidation sites excluding steroid dienone is 2. The quantitative estimate of drug-likeness (QED) is 0.441. The topological polar surface area (TPSA) is 43.7 Å². The lowest BCUT2D eigenvalue weighted by atomic mass is 10.0. The zero-order valence-corrected chi connectivity index (χ0v) is 19.1. The third kappa shape index (κ3) is 4.95. The average molecular weight is 449 g/mol. The second-order valence-corrected chi connectivity index (χ2v) is 8.03. The Balaban J connectivity index is 1.79. The Morgan fingerprint density at radius 2 is 1.88 bits per heavy atom. The van der Waals surface area contributed by atoms with Crippen molar-refractivity contribution in [3.05, 3.63) is 83.1 Å². The third-order valence-electron chi connectivity index (χ3n) is 5.72. The minimum atomic E-state index is -0.535. The van der Waals surface area contributed by atoms with Crippen molar-refractivity contribution in [3.63, 3.8) is 0 Å². The minimum Gasteiger partial charge on any atom is -0.497 e. The maximum absolute atomic E-state index is 15.0. The molecule has 0 saturated heterocycles. The van der Waals surface area contributed by atoms with E-state index in [1.54, 1.807) is 25.3 Å². The van der Waals surface area contributed by atoms with Gasteiger partial charge in [-0.15, -0.1) is 0 Å². The Morgan fingerprint density at radius 3 is 2.58 bits per heavy atom. The molecule has 0 N–H and O–H groups in total. The number of hydrogen-bond donors (Lipinski definition) is 0. The lowest BCUT2D eigenvalue weighted by Gasteiger charge is -2.22. The molecule has 4 rings (SSSR count). The lowest BCUT2D eigenvalue weighted by molar-refractivity contribution is 0.318. The van der Waals surface area contributed by atoms with Crippen LogP contribution in [0.2, 0.25) is 0 Å². The summed E-state index contributed by atoms with van der Waals surface area (Å²) in [5.41, 5.74) is 1.35. The highest BCUT2D eigenvalue weighted by Crippen LogP contribution is 2.30. The number of methoxy groups -OCH3 is 1. The number of aryl methyl sites for hydroxylation is 1. The highest BCUT2D eigenvalue weighted by molar-refractivity contribution is 5.89. The highest BCUT2D eigenvalue weighted by atomic mass is 19.1. The van der Waals surface area contributed by atoms with Crippen molar-refractivity contribution in [2.75, 3.05) is 26.8 Å². The molecule has 2 aromatic carbocycles. The van der Waals surface area contributed by atoms with Gasteiger partial charge in [0.1, 0.15) is 17.3 Å². The van der Waals surface area contributed by atoms with Gasteiger partial charge in [0.25, 0.3) is 0 Å². The molecular weight excluding hydrogens is 419 g/mol. The standard InChI is InChI=1S/C27H29FN2O3/c1-3-18-33-24-13-12-23(28)25-26(24)30(17-7-16-29-14-5-4-6-15-29)19-22(27(25)31)20-8-10-21(32-2)11-9-20/h4-6,8-14,19H,3,7,15-18H2,1-2H3. The van der Waals surface area contributed by atoms with Crippen LogP contribution in [0.25, 0.3) is 22.0 Å². The molecule has 0 radical (unpaired) electrons. The summed E-state index contributed by atoms with van der Waals surface area (Å²) >= 11 is 0. The second-order valence-electron chi connectivity index (χ2n) is 8.03. The highest BCUT2D eigenvalue weighted by Gasteiger charge is 2.18. The SMILES string of the molecule is CCCOc1ccc(F)c2c(=O)c(-c3ccc(OC)cc3)cn(CCCN3C=CC=CC3)c12. The smallest absolute Gasteiger partial charge is 0.200 e. The molecule has 0 saturated carbocycles.